The molecule has 0 radical (unpaired) electrons. The fourth-order valence-electron chi connectivity index (χ4n) is 2.19. The molecule has 0 saturated carbocycles. The maximum atomic E-state index is 5.68. The highest BCUT2D eigenvalue weighted by Crippen LogP contribution is 2.16. The van der Waals surface area contributed by atoms with Gasteiger partial charge in [0.25, 0.3) is 0 Å². The Kier molecular flexibility index (Phi) is 6.85. The molecule has 0 saturated heterocycles. The van der Waals surface area contributed by atoms with Crippen LogP contribution in [-0.4, -0.2) is 0 Å². The molecular weight excluding hydrogens is 308 g/mol. The van der Waals surface area contributed by atoms with E-state index >= 15 is 0 Å². The molecule has 0 aliphatic rings. The van der Waals surface area contributed by atoms with E-state index in [1.165, 1.54) is 0 Å². The number of hydrogen-bond donors (Lipinski definition) is 0. The third kappa shape index (κ3) is 6.19. The molecule has 0 heterocycles. The van der Waals surface area contributed by atoms with E-state index in [1.807, 2.05) is 60.7 Å². The van der Waals surface area contributed by atoms with Crippen LogP contribution in [0.4, 0.5) is 0 Å². The molecule has 2 rings (SSSR count). The third-order valence-corrected chi connectivity index (χ3v) is 3.71. The van der Waals surface area contributed by atoms with Crippen molar-refractivity contribution in [1.29, 1.82) is 0 Å². The van der Waals surface area contributed by atoms with Gasteiger partial charge in [-0.2, -0.15) is 0 Å². The van der Waals surface area contributed by atoms with Crippen molar-refractivity contribution in [2.75, 3.05) is 0 Å². The molecular formula is C23H24O2. The number of hydrogen-bond acceptors (Lipinski definition) is 2. The summed E-state index contributed by atoms with van der Waals surface area (Å²) in [5.41, 5.74) is 4.34. The summed E-state index contributed by atoms with van der Waals surface area (Å²) in [4.78, 5) is 0. The molecule has 0 aromatic heterocycles. The van der Waals surface area contributed by atoms with Gasteiger partial charge in [-0.3, -0.25) is 0 Å². The van der Waals surface area contributed by atoms with Crippen molar-refractivity contribution in [2.24, 2.45) is 0 Å². The second-order valence-corrected chi connectivity index (χ2v) is 5.72. The summed E-state index contributed by atoms with van der Waals surface area (Å²) in [6.07, 6.45) is 4.11. The molecule has 0 amide bonds. The van der Waals surface area contributed by atoms with Crippen LogP contribution in [0.3, 0.4) is 0 Å². The zero-order valence-corrected chi connectivity index (χ0v) is 14.5. The normalized spacial score (nSPS) is 9.92. The van der Waals surface area contributed by atoms with Gasteiger partial charge < -0.3 is 9.47 Å². The van der Waals surface area contributed by atoms with Crippen molar-refractivity contribution < 1.29 is 9.47 Å². The maximum Gasteiger partial charge on any atom is 0.113 e. The first kappa shape index (κ1) is 18.3. The topological polar surface area (TPSA) is 18.5 Å². The standard InChI is InChI=1S/C23H24O2/c1-5-20-7-11-22(12-8-20)16-24-18(3)15-19(4)25-17-23-13-9-21(6-2)10-14-23/h5-14H,1-4,15-17H2. The fraction of sp³-hybridized carbons (Fsp3) is 0.130. The van der Waals surface area contributed by atoms with Gasteiger partial charge in [0, 0.05) is 0 Å². The Morgan fingerprint density at radius 1 is 0.680 bits per heavy atom. The second kappa shape index (κ2) is 9.33. The summed E-state index contributed by atoms with van der Waals surface area (Å²) >= 11 is 0. The van der Waals surface area contributed by atoms with Gasteiger partial charge in [0.2, 0.25) is 0 Å². The van der Waals surface area contributed by atoms with E-state index in [0.29, 0.717) is 31.2 Å². The SMILES string of the molecule is C=Cc1ccc(COC(=C)CC(=C)OCc2ccc(C=C)cc2)cc1. The molecule has 0 aliphatic carbocycles. The largest absolute Gasteiger partial charge is 0.493 e. The van der Waals surface area contributed by atoms with Gasteiger partial charge in [-0.1, -0.05) is 87.0 Å². The molecule has 0 atom stereocenters. The van der Waals surface area contributed by atoms with Crippen LogP contribution in [0.25, 0.3) is 12.2 Å². The average Bonchev–Trinajstić information content (AvgIpc) is 2.65. The van der Waals surface area contributed by atoms with Crippen molar-refractivity contribution >= 4 is 12.2 Å². The van der Waals surface area contributed by atoms with E-state index in [0.717, 1.165) is 22.3 Å². The van der Waals surface area contributed by atoms with Crippen LogP contribution in [0.2, 0.25) is 0 Å². The molecule has 0 aliphatic heterocycles. The summed E-state index contributed by atoms with van der Waals surface area (Å²) in [5.74, 6) is 1.28. The molecule has 2 heteroatoms. The molecule has 2 aromatic carbocycles. The van der Waals surface area contributed by atoms with Crippen LogP contribution in [-0.2, 0) is 22.7 Å². The Hall–Kier alpha value is -3.00. The molecule has 0 unspecified atom stereocenters. The van der Waals surface area contributed by atoms with E-state index < -0.39 is 0 Å². The van der Waals surface area contributed by atoms with Gasteiger partial charge in [-0.15, -0.1) is 0 Å². The Balaban J connectivity index is 1.72. The Bertz CT molecular complexity index is 671. The lowest BCUT2D eigenvalue weighted by Gasteiger charge is -2.13. The smallest absolute Gasteiger partial charge is 0.113 e. The zero-order chi connectivity index (χ0) is 18.1. The quantitative estimate of drug-likeness (QED) is 0.488. The zero-order valence-electron chi connectivity index (χ0n) is 14.5. The van der Waals surface area contributed by atoms with E-state index in [-0.39, 0.29) is 0 Å². The molecule has 0 bridgehead atoms. The first-order chi connectivity index (χ1) is 12.1. The summed E-state index contributed by atoms with van der Waals surface area (Å²) < 4.78 is 11.4. The third-order valence-electron chi connectivity index (χ3n) is 3.71. The highest BCUT2D eigenvalue weighted by Gasteiger charge is 2.03. The molecule has 0 spiro atoms. The minimum Gasteiger partial charge on any atom is -0.493 e. The Morgan fingerprint density at radius 2 is 1.04 bits per heavy atom. The van der Waals surface area contributed by atoms with Gasteiger partial charge in [0.05, 0.1) is 17.9 Å². The van der Waals surface area contributed by atoms with Crippen molar-refractivity contribution in [2.45, 2.75) is 19.6 Å². The lowest BCUT2D eigenvalue weighted by atomic mass is 10.1. The molecule has 128 valence electrons. The van der Waals surface area contributed by atoms with Crippen LogP contribution in [0.5, 0.6) is 0 Å². The Morgan fingerprint density at radius 3 is 1.36 bits per heavy atom. The van der Waals surface area contributed by atoms with E-state index in [9.17, 15) is 0 Å². The van der Waals surface area contributed by atoms with Gasteiger partial charge in [-0.25, -0.2) is 0 Å². The highest BCUT2D eigenvalue weighted by atomic mass is 16.5. The van der Waals surface area contributed by atoms with Gasteiger partial charge in [-0.05, 0) is 22.3 Å². The predicted octanol–water partition coefficient (Wildman–Crippen LogP) is 6.12. The summed E-state index contributed by atoms with van der Waals surface area (Å²) in [7, 11) is 0. The number of rotatable bonds is 10. The summed E-state index contributed by atoms with van der Waals surface area (Å²) in [6, 6.07) is 16.1. The second-order valence-electron chi connectivity index (χ2n) is 5.72. The highest BCUT2D eigenvalue weighted by molar-refractivity contribution is 5.47. The fourth-order valence-corrected chi connectivity index (χ4v) is 2.19. The number of benzene rings is 2. The molecule has 0 fully saturated rings. The van der Waals surface area contributed by atoms with Crippen molar-refractivity contribution in [3.8, 4) is 0 Å². The van der Waals surface area contributed by atoms with E-state index in [2.05, 4.69) is 26.3 Å². The molecule has 2 aromatic rings. The average molecular weight is 332 g/mol. The van der Waals surface area contributed by atoms with Gasteiger partial charge in [0.15, 0.2) is 0 Å². The summed E-state index contributed by atoms with van der Waals surface area (Å²) in [6.45, 7) is 16.3. The molecule has 25 heavy (non-hydrogen) atoms. The lowest BCUT2D eigenvalue weighted by molar-refractivity contribution is 0.158. The lowest BCUT2D eigenvalue weighted by Crippen LogP contribution is -1.98. The first-order valence-corrected chi connectivity index (χ1v) is 8.14. The van der Waals surface area contributed by atoms with Crippen LogP contribution < -0.4 is 0 Å². The monoisotopic (exact) mass is 332 g/mol. The number of ether oxygens (including phenoxy) is 2. The summed E-state index contributed by atoms with van der Waals surface area (Å²) in [5, 5.41) is 0. The molecule has 0 N–H and O–H groups in total. The maximum absolute atomic E-state index is 5.68. The van der Waals surface area contributed by atoms with Gasteiger partial charge >= 0.3 is 0 Å². The van der Waals surface area contributed by atoms with Crippen LogP contribution >= 0.6 is 0 Å². The van der Waals surface area contributed by atoms with E-state index in [4.69, 9.17) is 9.47 Å². The minimum atomic E-state index is 0.479. The predicted molar refractivity (Wildman–Crippen MR) is 106 cm³/mol. The Labute approximate surface area is 150 Å². The first-order valence-electron chi connectivity index (χ1n) is 8.14. The van der Waals surface area contributed by atoms with Crippen LogP contribution in [0, 0.1) is 0 Å². The van der Waals surface area contributed by atoms with Crippen LogP contribution in [0.15, 0.2) is 86.4 Å². The molecule has 2 nitrogen and oxygen atoms in total. The van der Waals surface area contributed by atoms with Gasteiger partial charge in [0.1, 0.15) is 13.2 Å². The van der Waals surface area contributed by atoms with Crippen molar-refractivity contribution in [3.63, 3.8) is 0 Å². The van der Waals surface area contributed by atoms with Crippen molar-refractivity contribution in [3.05, 3.63) is 109 Å². The van der Waals surface area contributed by atoms with Crippen molar-refractivity contribution in [1.82, 2.24) is 0 Å². The van der Waals surface area contributed by atoms with E-state index in [1.54, 1.807) is 0 Å². The minimum absolute atomic E-state index is 0.479. The van der Waals surface area contributed by atoms with Crippen LogP contribution in [0.1, 0.15) is 28.7 Å².